The predicted molar refractivity (Wildman–Crippen MR) is 107 cm³/mol. The second-order valence-electron chi connectivity index (χ2n) is 10.4. The van der Waals surface area contributed by atoms with Gasteiger partial charge in [-0.05, 0) is 67.2 Å². The SMILES string of the molecule is C=C1C(=C)[C@H]2[C@@H]3CCC(O)(CCCO)[C@@]3(C)CC3O[C@@]32[C@@]2(C)CCC(=O)C=C12. The van der Waals surface area contributed by atoms with E-state index in [0.717, 1.165) is 42.4 Å². The normalized spacial score (nSPS) is 51.8. The lowest BCUT2D eigenvalue weighted by Gasteiger charge is -2.58. The van der Waals surface area contributed by atoms with E-state index >= 15 is 0 Å². The number of hydrogen-bond acceptors (Lipinski definition) is 4. The molecule has 3 saturated carbocycles. The van der Waals surface area contributed by atoms with Crippen molar-refractivity contribution >= 4 is 5.78 Å². The Balaban J connectivity index is 1.61. The Bertz CT molecular complexity index is 826. The van der Waals surface area contributed by atoms with Crippen LogP contribution in [0.4, 0.5) is 0 Å². The van der Waals surface area contributed by atoms with Gasteiger partial charge in [0.15, 0.2) is 5.78 Å². The van der Waals surface area contributed by atoms with Gasteiger partial charge in [-0.1, -0.05) is 27.0 Å². The van der Waals surface area contributed by atoms with Crippen LogP contribution in [-0.2, 0) is 9.53 Å². The molecule has 0 aromatic heterocycles. The molecule has 4 fully saturated rings. The van der Waals surface area contributed by atoms with Crippen LogP contribution < -0.4 is 0 Å². The zero-order valence-corrected chi connectivity index (χ0v) is 17.1. The van der Waals surface area contributed by atoms with Crippen LogP contribution in [0.3, 0.4) is 0 Å². The van der Waals surface area contributed by atoms with Crippen LogP contribution in [-0.4, -0.2) is 39.9 Å². The lowest BCUT2D eigenvalue weighted by Crippen LogP contribution is -2.60. The van der Waals surface area contributed by atoms with Gasteiger partial charge in [-0.2, -0.15) is 0 Å². The first-order valence-corrected chi connectivity index (χ1v) is 10.8. The van der Waals surface area contributed by atoms with E-state index in [9.17, 15) is 15.0 Å². The van der Waals surface area contributed by atoms with E-state index in [1.54, 1.807) is 6.08 Å². The van der Waals surface area contributed by atoms with E-state index in [1.807, 2.05) is 0 Å². The second-order valence-corrected chi connectivity index (χ2v) is 10.4. The molecule has 0 radical (unpaired) electrons. The maximum Gasteiger partial charge on any atom is 0.156 e. The van der Waals surface area contributed by atoms with Gasteiger partial charge in [0.2, 0.25) is 0 Å². The highest BCUT2D eigenvalue weighted by Gasteiger charge is 2.81. The number of allylic oxidation sites excluding steroid dienone is 1. The van der Waals surface area contributed by atoms with Crippen molar-refractivity contribution in [3.8, 4) is 0 Å². The van der Waals surface area contributed by atoms with Gasteiger partial charge in [-0.25, -0.2) is 0 Å². The number of ether oxygens (including phenoxy) is 1. The zero-order chi connectivity index (χ0) is 20.1. The maximum atomic E-state index is 12.2. The van der Waals surface area contributed by atoms with Crippen molar-refractivity contribution in [2.75, 3.05) is 6.61 Å². The molecule has 0 aromatic rings. The Morgan fingerprint density at radius 1 is 1.29 bits per heavy atom. The third-order valence-corrected chi connectivity index (χ3v) is 9.45. The van der Waals surface area contributed by atoms with Crippen molar-refractivity contribution < 1.29 is 19.7 Å². The Kier molecular flexibility index (Phi) is 3.67. The molecule has 5 aliphatic rings. The Morgan fingerprint density at radius 2 is 2.04 bits per heavy atom. The van der Waals surface area contributed by atoms with Gasteiger partial charge in [0.1, 0.15) is 5.60 Å². The number of carbonyl (C=O) groups excluding carboxylic acids is 1. The summed E-state index contributed by atoms with van der Waals surface area (Å²) in [4.78, 5) is 12.2. The summed E-state index contributed by atoms with van der Waals surface area (Å²) in [5.74, 6) is 0.603. The molecule has 4 heteroatoms. The van der Waals surface area contributed by atoms with Crippen molar-refractivity contribution in [3.63, 3.8) is 0 Å². The van der Waals surface area contributed by atoms with E-state index in [-0.39, 0.29) is 46.8 Å². The first-order chi connectivity index (χ1) is 13.1. The number of rotatable bonds is 3. The Hall–Kier alpha value is -1.23. The minimum absolute atomic E-state index is 0.0870. The van der Waals surface area contributed by atoms with E-state index in [0.29, 0.717) is 19.3 Å². The van der Waals surface area contributed by atoms with Crippen LogP contribution in [0, 0.1) is 22.7 Å². The summed E-state index contributed by atoms with van der Waals surface area (Å²) in [6.07, 6.45) is 7.05. The number of fused-ring (bicyclic) bond motifs is 3. The average molecular weight is 385 g/mol. The monoisotopic (exact) mass is 384 g/mol. The van der Waals surface area contributed by atoms with Crippen LogP contribution in [0.25, 0.3) is 0 Å². The van der Waals surface area contributed by atoms with E-state index in [2.05, 4.69) is 27.0 Å². The first kappa shape index (κ1) is 18.8. The van der Waals surface area contributed by atoms with E-state index in [4.69, 9.17) is 4.74 Å². The molecule has 4 aliphatic carbocycles. The molecule has 7 atom stereocenters. The number of aliphatic hydroxyl groups excluding tert-OH is 1. The minimum atomic E-state index is -0.764. The summed E-state index contributed by atoms with van der Waals surface area (Å²) in [5.41, 5.74) is 1.43. The number of carbonyl (C=O) groups is 1. The van der Waals surface area contributed by atoms with Crippen LogP contribution in [0.1, 0.15) is 58.8 Å². The molecule has 4 nitrogen and oxygen atoms in total. The second kappa shape index (κ2) is 5.47. The minimum Gasteiger partial charge on any atom is -0.396 e. The molecule has 0 aromatic carbocycles. The van der Waals surface area contributed by atoms with Gasteiger partial charge in [0, 0.05) is 29.8 Å². The maximum absolute atomic E-state index is 12.2. The molecule has 2 N–H and O–H groups in total. The number of aliphatic hydroxyl groups is 2. The van der Waals surface area contributed by atoms with Crippen molar-refractivity contribution in [1.82, 2.24) is 0 Å². The molecule has 0 amide bonds. The van der Waals surface area contributed by atoms with E-state index in [1.165, 1.54) is 0 Å². The fourth-order valence-electron chi connectivity index (χ4n) is 7.77. The summed E-state index contributed by atoms with van der Waals surface area (Å²) in [6.45, 7) is 13.4. The third-order valence-electron chi connectivity index (χ3n) is 9.45. The topological polar surface area (TPSA) is 70.1 Å². The van der Waals surface area contributed by atoms with Gasteiger partial charge < -0.3 is 14.9 Å². The summed E-state index contributed by atoms with van der Waals surface area (Å²) < 4.78 is 6.58. The molecule has 28 heavy (non-hydrogen) atoms. The van der Waals surface area contributed by atoms with Crippen LogP contribution >= 0.6 is 0 Å². The number of ketones is 1. The smallest absolute Gasteiger partial charge is 0.156 e. The first-order valence-electron chi connectivity index (χ1n) is 10.8. The molecule has 1 saturated heterocycles. The number of hydrogen-bond donors (Lipinski definition) is 2. The summed E-state index contributed by atoms with van der Waals surface area (Å²) in [7, 11) is 0. The highest BCUT2D eigenvalue weighted by atomic mass is 16.6. The largest absolute Gasteiger partial charge is 0.396 e. The molecule has 2 unspecified atom stereocenters. The van der Waals surface area contributed by atoms with Gasteiger partial charge in [-0.3, -0.25) is 4.79 Å². The average Bonchev–Trinajstić information content (AvgIpc) is 3.32. The van der Waals surface area contributed by atoms with Crippen LogP contribution in [0.2, 0.25) is 0 Å². The molecular formula is C24H32O4. The summed E-state index contributed by atoms with van der Waals surface area (Å²) in [5, 5.41) is 20.9. The molecule has 1 aliphatic heterocycles. The molecule has 1 spiro atoms. The Morgan fingerprint density at radius 3 is 2.75 bits per heavy atom. The Labute approximate surface area is 167 Å². The lowest BCUT2D eigenvalue weighted by atomic mass is 9.44. The van der Waals surface area contributed by atoms with Gasteiger partial charge >= 0.3 is 0 Å². The third kappa shape index (κ3) is 1.90. The van der Waals surface area contributed by atoms with Crippen molar-refractivity contribution in [3.05, 3.63) is 36.0 Å². The van der Waals surface area contributed by atoms with Gasteiger partial charge in [0.05, 0.1) is 11.7 Å². The fraction of sp³-hybridized carbons (Fsp3) is 0.708. The van der Waals surface area contributed by atoms with Gasteiger partial charge in [-0.15, -0.1) is 0 Å². The zero-order valence-electron chi connectivity index (χ0n) is 17.1. The van der Waals surface area contributed by atoms with Crippen LogP contribution in [0.5, 0.6) is 0 Å². The molecule has 152 valence electrons. The highest BCUT2D eigenvalue weighted by Crippen LogP contribution is 2.77. The lowest BCUT2D eigenvalue weighted by molar-refractivity contribution is -0.118. The molecule has 5 rings (SSSR count). The molecular weight excluding hydrogens is 352 g/mol. The van der Waals surface area contributed by atoms with Gasteiger partial charge in [0.25, 0.3) is 0 Å². The predicted octanol–water partition coefficient (Wildman–Crippen LogP) is 3.49. The summed E-state index contributed by atoms with van der Waals surface area (Å²) in [6, 6.07) is 0. The molecule has 0 bridgehead atoms. The standard InChI is InChI=1S/C24H32O4/c1-14-15(2)20-17-7-10-23(27,8-5-11-25)22(17,4)13-19-24(20,28-19)21(3)9-6-16(26)12-18(14)21/h12,17,19-20,25,27H,1-2,5-11,13H2,3-4H3/t17-,19?,20-,21-,22-,23?,24-/m0/s1. The highest BCUT2D eigenvalue weighted by molar-refractivity contribution is 5.93. The summed E-state index contributed by atoms with van der Waals surface area (Å²) >= 11 is 0. The van der Waals surface area contributed by atoms with E-state index < -0.39 is 5.60 Å². The molecule has 1 heterocycles. The number of epoxide rings is 1. The fourth-order valence-corrected chi connectivity index (χ4v) is 7.77. The van der Waals surface area contributed by atoms with Crippen molar-refractivity contribution in [1.29, 1.82) is 0 Å². The van der Waals surface area contributed by atoms with Crippen molar-refractivity contribution in [2.45, 2.75) is 76.1 Å². The quantitative estimate of drug-likeness (QED) is 0.731. The van der Waals surface area contributed by atoms with Crippen molar-refractivity contribution in [2.24, 2.45) is 22.7 Å². The van der Waals surface area contributed by atoms with Crippen LogP contribution in [0.15, 0.2) is 36.0 Å².